The number of aliphatic carboxylic acids is 1. The molecule has 1 heterocycles. The number of aromatic hydroxyl groups is 1. The van der Waals surface area contributed by atoms with Crippen molar-refractivity contribution in [3.8, 4) is 5.75 Å². The Bertz CT molecular complexity index is 533. The molecule has 0 amide bonds. The van der Waals surface area contributed by atoms with E-state index in [2.05, 4.69) is 4.98 Å². The van der Waals surface area contributed by atoms with Crippen molar-refractivity contribution in [3.63, 3.8) is 0 Å². The Morgan fingerprint density at radius 3 is 2.94 bits per heavy atom. The lowest BCUT2D eigenvalue weighted by Crippen LogP contribution is -2.32. The molecule has 0 bridgehead atoms. The molecule has 2 aromatic rings. The zero-order chi connectivity index (χ0) is 11.7. The highest BCUT2D eigenvalue weighted by Crippen LogP contribution is 2.23. The number of carboxylic acid groups (broad SMARTS) is 1. The lowest BCUT2D eigenvalue weighted by Gasteiger charge is -2.04. The van der Waals surface area contributed by atoms with Gasteiger partial charge in [0.25, 0.3) is 0 Å². The first-order valence-corrected chi connectivity index (χ1v) is 4.85. The Hall–Kier alpha value is -2.01. The molecule has 0 aliphatic carbocycles. The number of hydrogen-bond acceptors (Lipinski definition) is 3. The fourth-order valence-electron chi connectivity index (χ4n) is 1.66. The van der Waals surface area contributed by atoms with Gasteiger partial charge in [0.15, 0.2) is 0 Å². The van der Waals surface area contributed by atoms with Crippen molar-refractivity contribution in [1.82, 2.24) is 4.98 Å². The fraction of sp³-hybridized carbons (Fsp3) is 0.182. The monoisotopic (exact) mass is 219 g/mol. The van der Waals surface area contributed by atoms with E-state index in [1.807, 2.05) is 0 Å². The number of carbonyl (C=O) groups is 1. The van der Waals surface area contributed by atoms with E-state index in [0.29, 0.717) is 0 Å². The van der Waals surface area contributed by atoms with Crippen LogP contribution in [-0.4, -0.2) is 27.2 Å². The van der Waals surface area contributed by atoms with Gasteiger partial charge in [-0.1, -0.05) is 0 Å². The number of aromatic nitrogens is 1. The van der Waals surface area contributed by atoms with Crippen molar-refractivity contribution < 1.29 is 15.0 Å². The van der Waals surface area contributed by atoms with Crippen LogP contribution in [0.1, 0.15) is 5.56 Å². The van der Waals surface area contributed by atoms with Gasteiger partial charge >= 0.3 is 5.97 Å². The number of phenols is 1. The molecule has 84 valence electrons. The maximum absolute atomic E-state index is 10.6. The van der Waals surface area contributed by atoms with Gasteiger partial charge in [-0.2, -0.15) is 0 Å². The van der Waals surface area contributed by atoms with Crippen molar-refractivity contribution in [2.24, 2.45) is 5.73 Å². The summed E-state index contributed by atoms with van der Waals surface area (Å²) in [6, 6.07) is 3.97. The van der Waals surface area contributed by atoms with E-state index < -0.39 is 12.0 Å². The summed E-state index contributed by atoms with van der Waals surface area (Å²) < 4.78 is 0. The molecule has 0 fully saturated rings. The van der Waals surface area contributed by atoms with Crippen LogP contribution in [0.3, 0.4) is 0 Å². The SMILES string of the molecule is N[C@@H]([11CH2]c1c[nH]c2ccc(O)cc12)C(=O)O. The number of nitrogens with two attached hydrogens (primary N) is 1. The summed E-state index contributed by atoms with van der Waals surface area (Å²) >= 11 is 0. The molecule has 0 radical (unpaired) electrons. The third-order valence-corrected chi connectivity index (χ3v) is 2.51. The van der Waals surface area contributed by atoms with Crippen molar-refractivity contribution >= 4 is 16.9 Å². The molecular formula is C11H12N2O3. The predicted molar refractivity (Wildman–Crippen MR) is 59.3 cm³/mol. The molecule has 1 aromatic carbocycles. The molecule has 5 heteroatoms. The van der Waals surface area contributed by atoms with Crippen LogP contribution in [0.2, 0.25) is 0 Å². The number of hydrogen-bond donors (Lipinski definition) is 4. The van der Waals surface area contributed by atoms with Crippen molar-refractivity contribution in [1.29, 1.82) is 0 Å². The molecule has 0 spiro atoms. The maximum Gasteiger partial charge on any atom is 0.320 e. The molecule has 0 saturated carbocycles. The largest absolute Gasteiger partial charge is 0.508 e. The normalized spacial score (nSPS) is 12.8. The van der Waals surface area contributed by atoms with Crippen LogP contribution in [0.4, 0.5) is 0 Å². The lowest BCUT2D eigenvalue weighted by molar-refractivity contribution is -0.138. The number of nitrogens with one attached hydrogen (secondary N) is 1. The molecule has 1 atom stereocenters. The van der Waals surface area contributed by atoms with E-state index in [0.717, 1.165) is 16.5 Å². The number of carboxylic acids is 1. The van der Waals surface area contributed by atoms with E-state index in [4.69, 9.17) is 10.8 Å². The molecule has 16 heavy (non-hydrogen) atoms. The molecule has 0 saturated heterocycles. The molecule has 0 unspecified atom stereocenters. The Morgan fingerprint density at radius 2 is 2.25 bits per heavy atom. The van der Waals surface area contributed by atoms with E-state index >= 15 is 0 Å². The third kappa shape index (κ3) is 1.85. The highest BCUT2D eigenvalue weighted by Gasteiger charge is 2.14. The molecule has 0 aliphatic heterocycles. The Kier molecular flexibility index (Phi) is 2.54. The molecule has 5 N–H and O–H groups in total. The van der Waals surface area contributed by atoms with Gasteiger partial charge < -0.3 is 20.9 Å². The van der Waals surface area contributed by atoms with E-state index in [-0.39, 0.29) is 12.2 Å². The lowest BCUT2D eigenvalue weighted by atomic mass is 9.73. The fourth-order valence-corrected chi connectivity index (χ4v) is 1.66. The van der Waals surface area contributed by atoms with Crippen molar-refractivity contribution in [3.05, 3.63) is 30.0 Å². The minimum atomic E-state index is -1.03. The van der Waals surface area contributed by atoms with Crippen molar-refractivity contribution in [2.45, 2.75) is 12.5 Å². The average molecular weight is 219 g/mol. The minimum absolute atomic E-state index is 0.150. The van der Waals surface area contributed by atoms with E-state index in [1.165, 1.54) is 0 Å². The Labute approximate surface area is 91.5 Å². The quantitative estimate of drug-likeness (QED) is 0.614. The van der Waals surface area contributed by atoms with E-state index in [9.17, 15) is 9.90 Å². The second-order valence-corrected chi connectivity index (χ2v) is 3.69. The van der Waals surface area contributed by atoms with Crippen molar-refractivity contribution in [2.75, 3.05) is 0 Å². The highest BCUT2D eigenvalue weighted by molar-refractivity contribution is 5.85. The van der Waals surface area contributed by atoms with Crippen LogP contribution in [-0.2, 0) is 11.2 Å². The van der Waals surface area contributed by atoms with Crippen LogP contribution in [0.15, 0.2) is 24.4 Å². The van der Waals surface area contributed by atoms with Gasteiger partial charge in [0, 0.05) is 23.5 Å². The summed E-state index contributed by atoms with van der Waals surface area (Å²) in [6.45, 7) is 0. The molecule has 1 aromatic heterocycles. The second-order valence-electron chi connectivity index (χ2n) is 3.69. The minimum Gasteiger partial charge on any atom is -0.508 e. The summed E-state index contributed by atoms with van der Waals surface area (Å²) in [5, 5.41) is 18.9. The van der Waals surface area contributed by atoms with Gasteiger partial charge in [-0.15, -0.1) is 0 Å². The molecule has 0 aliphatic rings. The van der Waals surface area contributed by atoms with Gasteiger partial charge in [-0.3, -0.25) is 4.79 Å². The van der Waals surface area contributed by atoms with Gasteiger partial charge in [0.2, 0.25) is 0 Å². The van der Waals surface area contributed by atoms with Crippen LogP contribution < -0.4 is 5.73 Å². The van der Waals surface area contributed by atoms with Gasteiger partial charge in [0.1, 0.15) is 11.8 Å². The smallest absolute Gasteiger partial charge is 0.320 e. The van der Waals surface area contributed by atoms with Crippen LogP contribution in [0.25, 0.3) is 10.9 Å². The third-order valence-electron chi connectivity index (χ3n) is 2.51. The Balaban J connectivity index is 2.37. The van der Waals surface area contributed by atoms with Crippen LogP contribution in [0.5, 0.6) is 5.75 Å². The number of fused-ring (bicyclic) bond motifs is 1. The van der Waals surface area contributed by atoms with Gasteiger partial charge in [-0.05, 0) is 23.8 Å². The summed E-state index contributed by atoms with van der Waals surface area (Å²) in [7, 11) is 0. The first-order chi connectivity index (χ1) is 7.58. The topological polar surface area (TPSA) is 99.3 Å². The number of H-pyrrole nitrogens is 1. The summed E-state index contributed by atoms with van der Waals surface area (Å²) in [6.07, 6.45) is 1.95. The first kappa shape index (κ1) is 10.5. The van der Waals surface area contributed by atoms with Crippen LogP contribution in [0, 0.1) is 0 Å². The number of phenolic OH excluding ortho intramolecular Hbond substituents is 1. The molecule has 5 nitrogen and oxygen atoms in total. The first-order valence-electron chi connectivity index (χ1n) is 4.85. The predicted octanol–water partition coefficient (Wildman–Crippen LogP) is 0.828. The van der Waals surface area contributed by atoms with E-state index in [1.54, 1.807) is 24.4 Å². The summed E-state index contributed by atoms with van der Waals surface area (Å²) in [4.78, 5) is 13.6. The number of benzene rings is 1. The second kappa shape index (κ2) is 3.86. The number of aromatic amines is 1. The molecular weight excluding hydrogens is 207 g/mol. The maximum atomic E-state index is 10.6. The number of rotatable bonds is 3. The Morgan fingerprint density at radius 1 is 1.50 bits per heavy atom. The standard InChI is InChI=1S/C11H12N2O3/c12-9(11(15)16)3-6-5-13-10-2-1-7(14)4-8(6)10/h1-2,4-5,9,13-14H,3,12H2,(H,15,16)/t9-/m0/s1/i3-1. The zero-order valence-corrected chi connectivity index (χ0v) is 8.47. The van der Waals surface area contributed by atoms with Crippen LogP contribution >= 0.6 is 0 Å². The van der Waals surface area contributed by atoms with Gasteiger partial charge in [-0.25, -0.2) is 0 Å². The zero-order valence-electron chi connectivity index (χ0n) is 8.47. The highest BCUT2D eigenvalue weighted by atomic mass is 16.4. The van der Waals surface area contributed by atoms with Gasteiger partial charge in [0.05, 0.1) is 0 Å². The average Bonchev–Trinajstić information content (AvgIpc) is 2.61. The summed E-state index contributed by atoms with van der Waals surface area (Å²) in [5.41, 5.74) is 7.11. The summed E-state index contributed by atoms with van der Waals surface area (Å²) in [5.74, 6) is -0.883. The molecule has 2 rings (SSSR count).